The molecule has 2 amide bonds. The average Bonchev–Trinajstić information content (AvgIpc) is 3.54. The summed E-state index contributed by atoms with van der Waals surface area (Å²) in [5, 5.41) is 10.5. The zero-order valence-electron chi connectivity index (χ0n) is 23.2. The highest BCUT2D eigenvalue weighted by molar-refractivity contribution is 8.02. The standard InChI is InChI=1S/C31H42N2O5S/c1-5-8-12-16-32(15-6-2)29(36)27-31-21(4)18-24(39-31)25(30(37)38-17-7-3)26(31)28(35)33(27)23(20-34)19-22-13-10-9-11-14-22/h6-7,9-11,13-14,21,23-27,34H,2-3,5,8,12,15-20H2,1,4H3/t21?,23-,24+,25-,26+,27?,31?/m1/s1. The molecule has 7 nitrogen and oxygen atoms in total. The van der Waals surface area contributed by atoms with Gasteiger partial charge in [0.1, 0.15) is 12.6 Å². The first kappa shape index (κ1) is 29.4. The van der Waals surface area contributed by atoms with Gasteiger partial charge in [-0.05, 0) is 30.7 Å². The SMILES string of the molecule is C=CCOC(=O)[C@@H]1[C@@H]2CC(C)C3(S2)C(C(=O)N(CC=C)CCCCC)N([C@@H](CO)Cc2ccccc2)C(=O)[C@H]13. The number of ether oxygens (including phenoxy) is 1. The monoisotopic (exact) mass is 554 g/mol. The molecule has 7 atom stereocenters. The minimum Gasteiger partial charge on any atom is -0.461 e. The van der Waals surface area contributed by atoms with E-state index in [1.807, 2.05) is 35.2 Å². The van der Waals surface area contributed by atoms with Crippen molar-refractivity contribution in [3.8, 4) is 0 Å². The minimum atomic E-state index is -0.778. The summed E-state index contributed by atoms with van der Waals surface area (Å²) >= 11 is 1.63. The van der Waals surface area contributed by atoms with Crippen molar-refractivity contribution in [2.75, 3.05) is 26.3 Å². The van der Waals surface area contributed by atoms with E-state index >= 15 is 0 Å². The molecule has 8 heteroatoms. The van der Waals surface area contributed by atoms with Gasteiger partial charge in [0.05, 0.1) is 29.2 Å². The molecule has 39 heavy (non-hydrogen) atoms. The third kappa shape index (κ3) is 5.30. The molecule has 0 aliphatic carbocycles. The molecule has 3 aliphatic heterocycles. The van der Waals surface area contributed by atoms with Crippen molar-refractivity contribution in [2.45, 2.75) is 68.0 Å². The number of carbonyl (C=O) groups excluding carboxylic acids is 3. The molecule has 3 fully saturated rings. The van der Waals surface area contributed by atoms with Gasteiger partial charge in [-0.3, -0.25) is 14.4 Å². The molecule has 3 heterocycles. The summed E-state index contributed by atoms with van der Waals surface area (Å²) in [5.74, 6) is -1.99. The van der Waals surface area contributed by atoms with Crippen LogP contribution in [0.2, 0.25) is 0 Å². The van der Waals surface area contributed by atoms with Crippen LogP contribution in [0.15, 0.2) is 55.6 Å². The molecule has 212 valence electrons. The maximum absolute atomic E-state index is 14.5. The third-order valence-corrected chi connectivity index (χ3v) is 10.7. The lowest BCUT2D eigenvalue weighted by Gasteiger charge is -2.42. The molecule has 0 radical (unpaired) electrons. The van der Waals surface area contributed by atoms with Crippen molar-refractivity contribution in [3.05, 3.63) is 61.2 Å². The highest BCUT2D eigenvalue weighted by atomic mass is 32.2. The van der Waals surface area contributed by atoms with Crippen LogP contribution in [0.5, 0.6) is 0 Å². The molecule has 2 bridgehead atoms. The number of nitrogens with zero attached hydrogens (tertiary/aromatic N) is 2. The lowest BCUT2D eigenvalue weighted by atomic mass is 9.66. The molecule has 4 rings (SSSR count). The topological polar surface area (TPSA) is 87.2 Å². The summed E-state index contributed by atoms with van der Waals surface area (Å²) in [6, 6.07) is 8.34. The van der Waals surface area contributed by atoms with E-state index in [2.05, 4.69) is 27.0 Å². The minimum absolute atomic E-state index is 0.0427. The van der Waals surface area contributed by atoms with Crippen molar-refractivity contribution in [3.63, 3.8) is 0 Å². The molecular formula is C31H42N2O5S. The van der Waals surface area contributed by atoms with Crippen LogP contribution < -0.4 is 0 Å². The quantitative estimate of drug-likeness (QED) is 0.214. The smallest absolute Gasteiger partial charge is 0.311 e. The summed E-state index contributed by atoms with van der Waals surface area (Å²) in [6.45, 7) is 12.5. The second kappa shape index (κ2) is 12.7. The fourth-order valence-electron chi connectivity index (χ4n) is 6.95. The highest BCUT2D eigenvalue weighted by Crippen LogP contribution is 2.69. The molecule has 3 saturated heterocycles. The number of unbranched alkanes of at least 4 members (excludes halogenated alkanes) is 2. The number of likely N-dealkylation sites (tertiary alicyclic amines) is 1. The third-order valence-electron chi connectivity index (χ3n) is 8.64. The predicted molar refractivity (Wildman–Crippen MR) is 154 cm³/mol. The maximum Gasteiger partial charge on any atom is 0.311 e. The fraction of sp³-hybridized carbons (Fsp3) is 0.581. The Kier molecular flexibility index (Phi) is 9.60. The van der Waals surface area contributed by atoms with E-state index in [4.69, 9.17) is 4.74 Å². The number of aliphatic hydroxyl groups excluding tert-OH is 1. The maximum atomic E-state index is 14.5. The van der Waals surface area contributed by atoms with Gasteiger partial charge in [0, 0.05) is 18.3 Å². The Balaban J connectivity index is 1.78. The van der Waals surface area contributed by atoms with Crippen LogP contribution in [0, 0.1) is 17.8 Å². The number of benzene rings is 1. The Labute approximate surface area is 236 Å². The first-order chi connectivity index (χ1) is 18.8. The summed E-state index contributed by atoms with van der Waals surface area (Å²) in [4.78, 5) is 45.7. The van der Waals surface area contributed by atoms with Gasteiger partial charge in [-0.15, -0.1) is 18.3 Å². The van der Waals surface area contributed by atoms with E-state index < -0.39 is 34.6 Å². The summed E-state index contributed by atoms with van der Waals surface area (Å²) in [6.07, 6.45) is 7.30. The van der Waals surface area contributed by atoms with Gasteiger partial charge in [0.25, 0.3) is 0 Å². The van der Waals surface area contributed by atoms with Crippen molar-refractivity contribution in [1.29, 1.82) is 0 Å². The Morgan fingerprint density at radius 3 is 2.64 bits per heavy atom. The summed E-state index contributed by atoms with van der Waals surface area (Å²) < 4.78 is 4.72. The molecule has 0 saturated carbocycles. The molecule has 3 unspecified atom stereocenters. The van der Waals surface area contributed by atoms with Crippen LogP contribution in [-0.4, -0.2) is 81.1 Å². The predicted octanol–water partition coefficient (Wildman–Crippen LogP) is 3.86. The number of hydrogen-bond acceptors (Lipinski definition) is 6. The average molecular weight is 555 g/mol. The van der Waals surface area contributed by atoms with Crippen LogP contribution in [0.1, 0.15) is 45.1 Å². The molecule has 3 aliphatic rings. The number of thioether (sulfide) groups is 1. The van der Waals surface area contributed by atoms with Gasteiger partial charge in [-0.25, -0.2) is 0 Å². The van der Waals surface area contributed by atoms with Crippen molar-refractivity contribution >= 4 is 29.5 Å². The van der Waals surface area contributed by atoms with Crippen LogP contribution in [0.4, 0.5) is 0 Å². The van der Waals surface area contributed by atoms with Crippen molar-refractivity contribution in [1.82, 2.24) is 9.80 Å². The second-order valence-electron chi connectivity index (χ2n) is 11.0. The number of esters is 1. The number of amides is 2. The first-order valence-corrected chi connectivity index (χ1v) is 15.1. The van der Waals surface area contributed by atoms with Gasteiger partial charge in [0.2, 0.25) is 11.8 Å². The van der Waals surface area contributed by atoms with Crippen LogP contribution in [-0.2, 0) is 25.5 Å². The Morgan fingerprint density at radius 1 is 1.26 bits per heavy atom. The number of carbonyl (C=O) groups is 3. The van der Waals surface area contributed by atoms with E-state index in [1.54, 1.807) is 22.7 Å². The van der Waals surface area contributed by atoms with Gasteiger partial charge < -0.3 is 19.6 Å². The molecule has 0 aromatic heterocycles. The first-order valence-electron chi connectivity index (χ1n) is 14.2. The lowest BCUT2D eigenvalue weighted by molar-refractivity contribution is -0.154. The lowest BCUT2D eigenvalue weighted by Crippen LogP contribution is -2.59. The van der Waals surface area contributed by atoms with Gasteiger partial charge in [-0.2, -0.15) is 0 Å². The van der Waals surface area contributed by atoms with E-state index in [-0.39, 0.29) is 36.2 Å². The van der Waals surface area contributed by atoms with E-state index in [0.29, 0.717) is 19.5 Å². The van der Waals surface area contributed by atoms with E-state index in [0.717, 1.165) is 31.2 Å². The zero-order chi connectivity index (χ0) is 28.2. The van der Waals surface area contributed by atoms with E-state index in [1.165, 1.54) is 6.08 Å². The summed E-state index contributed by atoms with van der Waals surface area (Å²) in [7, 11) is 0. The molecule has 1 aromatic rings. The number of fused-ring (bicyclic) bond motifs is 1. The van der Waals surface area contributed by atoms with Gasteiger partial charge in [0.15, 0.2) is 0 Å². The van der Waals surface area contributed by atoms with Gasteiger partial charge in [-0.1, -0.05) is 75.8 Å². The Bertz CT molecular complexity index is 1060. The number of aliphatic hydroxyl groups is 1. The Hall–Kier alpha value is -2.58. The molecule has 1 aromatic carbocycles. The molecule has 1 N–H and O–H groups in total. The fourth-order valence-corrected chi connectivity index (χ4v) is 9.34. The Morgan fingerprint density at radius 2 is 2.00 bits per heavy atom. The molecular weight excluding hydrogens is 512 g/mol. The van der Waals surface area contributed by atoms with E-state index in [9.17, 15) is 19.5 Å². The van der Waals surface area contributed by atoms with Crippen LogP contribution in [0.25, 0.3) is 0 Å². The number of rotatable bonds is 14. The van der Waals surface area contributed by atoms with Gasteiger partial charge >= 0.3 is 5.97 Å². The number of hydrogen-bond donors (Lipinski definition) is 1. The second-order valence-corrected chi connectivity index (χ2v) is 12.6. The zero-order valence-corrected chi connectivity index (χ0v) is 24.0. The normalized spacial score (nSPS) is 29.7. The van der Waals surface area contributed by atoms with Crippen molar-refractivity contribution in [2.24, 2.45) is 17.8 Å². The largest absolute Gasteiger partial charge is 0.461 e. The highest BCUT2D eigenvalue weighted by Gasteiger charge is 2.77. The molecule has 1 spiro atoms. The van der Waals surface area contributed by atoms with Crippen molar-refractivity contribution < 1.29 is 24.2 Å². The summed E-state index contributed by atoms with van der Waals surface area (Å²) in [5.41, 5.74) is 0.975. The van der Waals surface area contributed by atoms with Crippen LogP contribution >= 0.6 is 11.8 Å². The van der Waals surface area contributed by atoms with Crippen LogP contribution in [0.3, 0.4) is 0 Å².